The highest BCUT2D eigenvalue weighted by molar-refractivity contribution is 6.30. The molecule has 174 valence electrons. The summed E-state index contributed by atoms with van der Waals surface area (Å²) < 4.78 is 14.6. The Morgan fingerprint density at radius 1 is 1.26 bits per heavy atom. The number of hydrogen-bond donors (Lipinski definition) is 1. The largest absolute Gasteiger partial charge is 0.368 e. The van der Waals surface area contributed by atoms with E-state index in [0.717, 1.165) is 0 Å². The summed E-state index contributed by atoms with van der Waals surface area (Å²) >= 11 is 6.12. The number of pyridine rings is 1. The van der Waals surface area contributed by atoms with Gasteiger partial charge in [-0.25, -0.2) is 4.39 Å². The average molecular weight is 483 g/mol. The predicted molar refractivity (Wildman–Crippen MR) is 123 cm³/mol. The van der Waals surface area contributed by atoms with E-state index >= 15 is 0 Å². The number of aromatic nitrogens is 1. The topological polar surface area (TPSA) is 119 Å². The Morgan fingerprint density at radius 2 is 2.03 bits per heavy atom. The van der Waals surface area contributed by atoms with Gasteiger partial charge in [0.15, 0.2) is 0 Å². The third-order valence-corrected chi connectivity index (χ3v) is 6.19. The van der Waals surface area contributed by atoms with Gasteiger partial charge in [-0.1, -0.05) is 23.7 Å². The molecule has 0 unspecified atom stereocenters. The zero-order valence-corrected chi connectivity index (χ0v) is 18.8. The van der Waals surface area contributed by atoms with E-state index in [1.54, 1.807) is 25.1 Å². The molecule has 1 aliphatic rings. The number of benzene rings is 2. The second kappa shape index (κ2) is 9.18. The van der Waals surface area contributed by atoms with E-state index in [9.17, 15) is 24.1 Å². The molecule has 10 heteroatoms. The SMILES string of the molecule is Cc1ncccc1C(=O)N([C@@H]1CCc2c(F)cc(Cl)cc21)[C@@H](C(N)=O)c1cccc([N+](=O)[O-])c1. The fourth-order valence-electron chi connectivity index (χ4n) is 4.47. The Balaban J connectivity index is 1.92. The van der Waals surface area contributed by atoms with Gasteiger partial charge in [0.2, 0.25) is 5.91 Å². The van der Waals surface area contributed by atoms with E-state index in [4.69, 9.17) is 17.3 Å². The van der Waals surface area contributed by atoms with Crippen molar-refractivity contribution in [3.63, 3.8) is 0 Å². The van der Waals surface area contributed by atoms with Gasteiger partial charge in [-0.15, -0.1) is 0 Å². The maximum absolute atomic E-state index is 14.6. The summed E-state index contributed by atoms with van der Waals surface area (Å²) in [5, 5.41) is 11.5. The highest BCUT2D eigenvalue weighted by Crippen LogP contribution is 2.43. The van der Waals surface area contributed by atoms with Gasteiger partial charge >= 0.3 is 0 Å². The second-order valence-electron chi connectivity index (χ2n) is 8.02. The van der Waals surface area contributed by atoms with Crippen LogP contribution in [-0.2, 0) is 11.2 Å². The molecule has 0 saturated carbocycles. The lowest BCUT2D eigenvalue weighted by Crippen LogP contribution is -2.43. The number of nitro groups is 1. The predicted octanol–water partition coefficient (Wildman–Crippen LogP) is 4.45. The van der Waals surface area contributed by atoms with Crippen molar-refractivity contribution in [2.45, 2.75) is 31.8 Å². The van der Waals surface area contributed by atoms with Gasteiger partial charge in [0.25, 0.3) is 11.6 Å². The van der Waals surface area contributed by atoms with Gasteiger partial charge in [-0.05, 0) is 60.7 Å². The van der Waals surface area contributed by atoms with Gasteiger partial charge < -0.3 is 10.6 Å². The molecule has 2 N–H and O–H groups in total. The summed E-state index contributed by atoms with van der Waals surface area (Å²) in [5.74, 6) is -1.94. The highest BCUT2D eigenvalue weighted by atomic mass is 35.5. The molecule has 1 aliphatic carbocycles. The first kappa shape index (κ1) is 23.3. The van der Waals surface area contributed by atoms with Crippen LogP contribution < -0.4 is 5.73 Å². The number of amides is 2. The van der Waals surface area contributed by atoms with E-state index in [1.165, 1.54) is 41.4 Å². The highest BCUT2D eigenvalue weighted by Gasteiger charge is 2.41. The summed E-state index contributed by atoms with van der Waals surface area (Å²) in [5.41, 5.74) is 7.22. The van der Waals surface area contributed by atoms with Gasteiger partial charge in [0, 0.05) is 29.0 Å². The average Bonchev–Trinajstić information content (AvgIpc) is 3.20. The smallest absolute Gasteiger partial charge is 0.269 e. The lowest BCUT2D eigenvalue weighted by atomic mass is 9.97. The summed E-state index contributed by atoms with van der Waals surface area (Å²) in [6.07, 6.45) is 2.16. The molecular weight excluding hydrogens is 463 g/mol. The zero-order chi connectivity index (χ0) is 24.6. The summed E-state index contributed by atoms with van der Waals surface area (Å²) in [4.78, 5) is 42.9. The Morgan fingerprint density at radius 3 is 2.71 bits per heavy atom. The Labute approximate surface area is 199 Å². The molecule has 0 aliphatic heterocycles. The number of nitrogens with zero attached hydrogens (tertiary/aromatic N) is 3. The molecule has 2 amide bonds. The molecule has 0 radical (unpaired) electrons. The van der Waals surface area contributed by atoms with Crippen LogP contribution >= 0.6 is 11.6 Å². The van der Waals surface area contributed by atoms with Crippen LogP contribution in [-0.4, -0.2) is 26.6 Å². The summed E-state index contributed by atoms with van der Waals surface area (Å²) in [6, 6.07) is 9.22. The molecule has 0 bridgehead atoms. The van der Waals surface area contributed by atoms with E-state index < -0.39 is 34.6 Å². The Kier molecular flexibility index (Phi) is 6.30. The van der Waals surface area contributed by atoms with Crippen molar-refractivity contribution in [1.29, 1.82) is 0 Å². The number of nitro benzene ring substituents is 1. The van der Waals surface area contributed by atoms with Crippen LogP contribution in [0.1, 0.15) is 51.2 Å². The van der Waals surface area contributed by atoms with E-state index in [0.29, 0.717) is 29.7 Å². The van der Waals surface area contributed by atoms with Crippen molar-refractivity contribution in [2.24, 2.45) is 5.73 Å². The lowest BCUT2D eigenvalue weighted by molar-refractivity contribution is -0.384. The fourth-order valence-corrected chi connectivity index (χ4v) is 4.68. The normalized spacial score (nSPS) is 15.4. The third kappa shape index (κ3) is 4.22. The number of primary amides is 1. The molecule has 2 atom stereocenters. The third-order valence-electron chi connectivity index (χ3n) is 5.97. The minimum Gasteiger partial charge on any atom is -0.368 e. The number of non-ortho nitro benzene ring substituents is 1. The number of carbonyl (C=O) groups excluding carboxylic acids is 2. The molecule has 3 aromatic rings. The van der Waals surface area contributed by atoms with Crippen LogP contribution in [0, 0.1) is 22.9 Å². The Bertz CT molecular complexity index is 1320. The van der Waals surface area contributed by atoms with Crippen LogP contribution in [0.15, 0.2) is 54.7 Å². The monoisotopic (exact) mass is 482 g/mol. The molecule has 4 rings (SSSR count). The van der Waals surface area contributed by atoms with Gasteiger partial charge in [-0.2, -0.15) is 0 Å². The minimum atomic E-state index is -1.36. The Hall–Kier alpha value is -3.85. The number of fused-ring (bicyclic) bond motifs is 1. The fraction of sp³-hybridized carbons (Fsp3) is 0.208. The summed E-state index contributed by atoms with van der Waals surface area (Å²) in [7, 11) is 0. The number of halogens is 2. The molecule has 2 aromatic carbocycles. The number of aryl methyl sites for hydroxylation is 1. The molecule has 1 aromatic heterocycles. The van der Waals surface area contributed by atoms with Crippen LogP contribution in [0.4, 0.5) is 10.1 Å². The maximum Gasteiger partial charge on any atom is 0.269 e. The number of carbonyl (C=O) groups is 2. The van der Waals surface area contributed by atoms with Crippen LogP contribution in [0.25, 0.3) is 0 Å². The van der Waals surface area contributed by atoms with Crippen molar-refractivity contribution < 1.29 is 18.9 Å². The van der Waals surface area contributed by atoms with Gasteiger partial charge in [-0.3, -0.25) is 24.7 Å². The molecule has 8 nitrogen and oxygen atoms in total. The molecular formula is C24H20ClFN4O4. The van der Waals surface area contributed by atoms with Crippen molar-refractivity contribution in [1.82, 2.24) is 9.88 Å². The number of nitrogens with two attached hydrogens (primary N) is 1. The van der Waals surface area contributed by atoms with Crippen molar-refractivity contribution in [2.75, 3.05) is 0 Å². The first-order chi connectivity index (χ1) is 16.2. The second-order valence-corrected chi connectivity index (χ2v) is 8.45. The van der Waals surface area contributed by atoms with Crippen molar-refractivity contribution >= 4 is 29.1 Å². The zero-order valence-electron chi connectivity index (χ0n) is 18.1. The minimum absolute atomic E-state index is 0.152. The molecule has 0 saturated heterocycles. The molecule has 1 heterocycles. The molecule has 0 fully saturated rings. The van der Waals surface area contributed by atoms with E-state index in [1.807, 2.05) is 0 Å². The van der Waals surface area contributed by atoms with Gasteiger partial charge in [0.05, 0.1) is 16.5 Å². The quantitative estimate of drug-likeness (QED) is 0.411. The van der Waals surface area contributed by atoms with Crippen LogP contribution in [0.5, 0.6) is 0 Å². The van der Waals surface area contributed by atoms with Crippen LogP contribution in [0.2, 0.25) is 5.02 Å². The van der Waals surface area contributed by atoms with Gasteiger partial charge in [0.1, 0.15) is 11.9 Å². The number of rotatable bonds is 6. The van der Waals surface area contributed by atoms with Crippen LogP contribution in [0.3, 0.4) is 0 Å². The van der Waals surface area contributed by atoms with E-state index in [-0.39, 0.29) is 21.8 Å². The first-order valence-corrected chi connectivity index (χ1v) is 10.8. The standard InChI is InChI=1S/C24H20ClFN4O4/c1-13-17(6-3-9-28-13)24(32)29(21-8-7-18-19(21)11-15(25)12-20(18)26)22(23(27)31)14-4-2-5-16(10-14)30(33)34/h2-6,9-12,21-22H,7-8H2,1H3,(H2,27,31)/t21-,22-/m1/s1. The lowest BCUT2D eigenvalue weighted by Gasteiger charge is -2.36. The first-order valence-electron chi connectivity index (χ1n) is 10.4. The summed E-state index contributed by atoms with van der Waals surface area (Å²) in [6.45, 7) is 1.65. The van der Waals surface area contributed by atoms with Crippen molar-refractivity contribution in [3.05, 3.63) is 104 Å². The molecule has 34 heavy (non-hydrogen) atoms. The maximum atomic E-state index is 14.6. The van der Waals surface area contributed by atoms with E-state index in [2.05, 4.69) is 4.98 Å². The number of hydrogen-bond acceptors (Lipinski definition) is 5. The molecule has 0 spiro atoms. The van der Waals surface area contributed by atoms with Crippen molar-refractivity contribution in [3.8, 4) is 0 Å².